The predicted molar refractivity (Wildman–Crippen MR) is 74.5 cm³/mol. The second-order valence-electron chi connectivity index (χ2n) is 3.56. The number of aryl methyl sites for hydroxylation is 1. The summed E-state index contributed by atoms with van der Waals surface area (Å²) in [5.74, 6) is 2.30. The van der Waals surface area contributed by atoms with E-state index in [1.165, 1.54) is 11.8 Å². The molecule has 0 aromatic carbocycles. The SMILES string of the molecule is CCn1ccc(Nc2cc(NC)nc(SC)n2)n1. The summed E-state index contributed by atoms with van der Waals surface area (Å²) < 4.78 is 1.86. The summed E-state index contributed by atoms with van der Waals surface area (Å²) in [4.78, 5) is 8.69. The first-order chi connectivity index (χ1) is 8.75. The van der Waals surface area contributed by atoms with E-state index in [0.29, 0.717) is 0 Å². The zero-order valence-electron chi connectivity index (χ0n) is 10.6. The lowest BCUT2D eigenvalue weighted by molar-refractivity contribution is 0.662. The minimum atomic E-state index is 0.722. The molecule has 18 heavy (non-hydrogen) atoms. The molecular weight excluding hydrogens is 248 g/mol. The second kappa shape index (κ2) is 5.72. The van der Waals surface area contributed by atoms with Crippen molar-refractivity contribution in [2.45, 2.75) is 18.6 Å². The lowest BCUT2D eigenvalue weighted by Crippen LogP contribution is -2.01. The van der Waals surface area contributed by atoms with Crippen LogP contribution in [-0.2, 0) is 6.54 Å². The van der Waals surface area contributed by atoms with E-state index in [1.807, 2.05) is 43.2 Å². The molecule has 2 N–H and O–H groups in total. The Balaban J connectivity index is 2.22. The normalized spacial score (nSPS) is 10.4. The van der Waals surface area contributed by atoms with Gasteiger partial charge in [0.2, 0.25) is 0 Å². The van der Waals surface area contributed by atoms with Gasteiger partial charge in [-0.2, -0.15) is 5.10 Å². The topological polar surface area (TPSA) is 67.7 Å². The van der Waals surface area contributed by atoms with Crippen molar-refractivity contribution in [1.82, 2.24) is 19.7 Å². The highest BCUT2D eigenvalue weighted by atomic mass is 32.2. The van der Waals surface area contributed by atoms with Crippen molar-refractivity contribution in [3.8, 4) is 0 Å². The van der Waals surface area contributed by atoms with Crippen molar-refractivity contribution in [2.24, 2.45) is 0 Å². The molecule has 0 unspecified atom stereocenters. The molecule has 0 fully saturated rings. The number of anilines is 3. The van der Waals surface area contributed by atoms with E-state index in [0.717, 1.165) is 29.2 Å². The fraction of sp³-hybridized carbons (Fsp3) is 0.364. The van der Waals surface area contributed by atoms with Gasteiger partial charge in [-0.15, -0.1) is 0 Å². The number of rotatable bonds is 5. The first-order valence-corrected chi connectivity index (χ1v) is 6.89. The van der Waals surface area contributed by atoms with E-state index in [9.17, 15) is 0 Å². The van der Waals surface area contributed by atoms with Gasteiger partial charge < -0.3 is 10.6 Å². The van der Waals surface area contributed by atoms with Crippen molar-refractivity contribution in [2.75, 3.05) is 23.9 Å². The molecule has 6 nitrogen and oxygen atoms in total. The molecule has 2 rings (SSSR count). The molecule has 0 bridgehead atoms. The van der Waals surface area contributed by atoms with Gasteiger partial charge in [-0.3, -0.25) is 4.68 Å². The fourth-order valence-corrected chi connectivity index (χ4v) is 1.82. The fourth-order valence-electron chi connectivity index (χ4n) is 1.44. The Hall–Kier alpha value is -1.76. The van der Waals surface area contributed by atoms with Gasteiger partial charge in [-0.25, -0.2) is 9.97 Å². The Morgan fingerprint density at radius 3 is 2.67 bits per heavy atom. The maximum atomic E-state index is 4.38. The van der Waals surface area contributed by atoms with Gasteiger partial charge in [0.1, 0.15) is 11.6 Å². The van der Waals surface area contributed by atoms with Gasteiger partial charge in [0, 0.05) is 31.9 Å². The number of thioether (sulfide) groups is 1. The Bertz CT molecular complexity index is 502. The van der Waals surface area contributed by atoms with E-state index in [-0.39, 0.29) is 0 Å². The summed E-state index contributed by atoms with van der Waals surface area (Å²) >= 11 is 1.50. The van der Waals surface area contributed by atoms with E-state index in [1.54, 1.807) is 0 Å². The third-order valence-electron chi connectivity index (χ3n) is 2.37. The van der Waals surface area contributed by atoms with Gasteiger partial charge in [0.25, 0.3) is 0 Å². The van der Waals surface area contributed by atoms with Crippen LogP contribution in [0.4, 0.5) is 17.5 Å². The van der Waals surface area contributed by atoms with Crippen molar-refractivity contribution in [3.63, 3.8) is 0 Å². The van der Waals surface area contributed by atoms with Crippen molar-refractivity contribution >= 4 is 29.2 Å². The number of aromatic nitrogens is 4. The van der Waals surface area contributed by atoms with Crippen LogP contribution < -0.4 is 10.6 Å². The minimum absolute atomic E-state index is 0.722. The van der Waals surface area contributed by atoms with Crippen LogP contribution in [0.25, 0.3) is 0 Å². The molecule has 0 aliphatic carbocycles. The molecule has 0 spiro atoms. The summed E-state index contributed by atoms with van der Waals surface area (Å²) in [7, 11) is 1.84. The number of nitrogens with one attached hydrogen (secondary N) is 2. The quantitative estimate of drug-likeness (QED) is 0.637. The van der Waals surface area contributed by atoms with Crippen LogP contribution in [0.15, 0.2) is 23.5 Å². The molecule has 7 heteroatoms. The highest BCUT2D eigenvalue weighted by molar-refractivity contribution is 7.98. The number of nitrogens with zero attached hydrogens (tertiary/aromatic N) is 4. The van der Waals surface area contributed by atoms with Crippen LogP contribution in [0.1, 0.15) is 6.92 Å². The maximum Gasteiger partial charge on any atom is 0.191 e. The number of hydrogen-bond acceptors (Lipinski definition) is 6. The average molecular weight is 264 g/mol. The standard InChI is InChI=1S/C11H16N6S/c1-4-17-6-5-8(16-17)13-10-7-9(12-2)14-11(15-10)18-3/h5-7H,4H2,1-3H3,(H2,12,13,14,15,16). The Morgan fingerprint density at radius 1 is 1.28 bits per heavy atom. The van der Waals surface area contributed by atoms with E-state index in [2.05, 4.69) is 25.7 Å². The van der Waals surface area contributed by atoms with Gasteiger partial charge in [0.05, 0.1) is 0 Å². The summed E-state index contributed by atoms with van der Waals surface area (Å²) in [6, 6.07) is 3.77. The Labute approximate surface area is 110 Å². The first kappa shape index (κ1) is 12.7. The lowest BCUT2D eigenvalue weighted by atomic mass is 10.5. The zero-order chi connectivity index (χ0) is 13.0. The van der Waals surface area contributed by atoms with E-state index < -0.39 is 0 Å². The highest BCUT2D eigenvalue weighted by Crippen LogP contribution is 2.19. The van der Waals surface area contributed by atoms with Crippen molar-refractivity contribution < 1.29 is 0 Å². The average Bonchev–Trinajstić information content (AvgIpc) is 2.85. The van der Waals surface area contributed by atoms with Crippen molar-refractivity contribution in [3.05, 3.63) is 18.3 Å². The molecule has 0 radical (unpaired) electrons. The summed E-state index contributed by atoms with van der Waals surface area (Å²) in [6.45, 7) is 2.90. The third-order valence-corrected chi connectivity index (χ3v) is 2.91. The van der Waals surface area contributed by atoms with E-state index in [4.69, 9.17) is 0 Å². The minimum Gasteiger partial charge on any atom is -0.373 e. The Morgan fingerprint density at radius 2 is 2.06 bits per heavy atom. The van der Waals surface area contributed by atoms with Gasteiger partial charge >= 0.3 is 0 Å². The first-order valence-electron chi connectivity index (χ1n) is 5.66. The van der Waals surface area contributed by atoms with E-state index >= 15 is 0 Å². The van der Waals surface area contributed by atoms with Crippen LogP contribution >= 0.6 is 11.8 Å². The molecule has 0 aliphatic heterocycles. The molecule has 0 atom stereocenters. The molecule has 0 saturated carbocycles. The van der Waals surface area contributed by atoms with Crippen LogP contribution in [0.3, 0.4) is 0 Å². The molecule has 0 amide bonds. The number of hydrogen-bond donors (Lipinski definition) is 2. The second-order valence-corrected chi connectivity index (χ2v) is 4.33. The predicted octanol–water partition coefficient (Wildman–Crippen LogP) is 2.20. The van der Waals surface area contributed by atoms with Gasteiger partial charge in [-0.1, -0.05) is 11.8 Å². The van der Waals surface area contributed by atoms with Crippen LogP contribution in [0.5, 0.6) is 0 Å². The monoisotopic (exact) mass is 264 g/mol. The van der Waals surface area contributed by atoms with Gasteiger partial charge in [0.15, 0.2) is 11.0 Å². The zero-order valence-corrected chi connectivity index (χ0v) is 11.5. The molecular formula is C11H16N6S. The molecule has 2 aromatic heterocycles. The summed E-state index contributed by atoms with van der Waals surface area (Å²) in [6.07, 6.45) is 3.88. The molecule has 0 saturated heterocycles. The largest absolute Gasteiger partial charge is 0.373 e. The third kappa shape index (κ3) is 2.92. The van der Waals surface area contributed by atoms with Crippen LogP contribution in [0, 0.1) is 0 Å². The molecule has 2 heterocycles. The van der Waals surface area contributed by atoms with Gasteiger partial charge in [-0.05, 0) is 13.2 Å². The lowest BCUT2D eigenvalue weighted by Gasteiger charge is -2.06. The molecule has 2 aromatic rings. The molecule has 0 aliphatic rings. The molecule has 96 valence electrons. The Kier molecular flexibility index (Phi) is 4.03. The maximum absolute atomic E-state index is 4.38. The van der Waals surface area contributed by atoms with Crippen molar-refractivity contribution in [1.29, 1.82) is 0 Å². The summed E-state index contributed by atoms with van der Waals surface area (Å²) in [5.41, 5.74) is 0. The van der Waals surface area contributed by atoms with Crippen LogP contribution in [0.2, 0.25) is 0 Å². The summed E-state index contributed by atoms with van der Waals surface area (Å²) in [5, 5.41) is 11.3. The van der Waals surface area contributed by atoms with Crippen LogP contribution in [-0.4, -0.2) is 33.1 Å². The smallest absolute Gasteiger partial charge is 0.191 e. The highest BCUT2D eigenvalue weighted by Gasteiger charge is 2.05.